The first kappa shape index (κ1) is 11.5. The lowest BCUT2D eigenvalue weighted by molar-refractivity contribution is 0.401. The zero-order valence-electron chi connectivity index (χ0n) is 9.71. The average Bonchev–Trinajstić information content (AvgIpc) is 2.40. The van der Waals surface area contributed by atoms with E-state index >= 15 is 0 Å². The van der Waals surface area contributed by atoms with E-state index in [4.69, 9.17) is 10.5 Å². The fourth-order valence-corrected chi connectivity index (χ4v) is 1.72. The van der Waals surface area contributed by atoms with Crippen molar-refractivity contribution >= 4 is 0 Å². The molecule has 4 nitrogen and oxygen atoms in total. The average molecular weight is 229 g/mol. The molecular weight excluding hydrogens is 214 g/mol. The van der Waals surface area contributed by atoms with Crippen molar-refractivity contribution in [1.29, 1.82) is 0 Å². The number of ether oxygens (including phenoxy) is 1. The molecule has 17 heavy (non-hydrogen) atoms. The van der Waals surface area contributed by atoms with Gasteiger partial charge in [-0.15, -0.1) is 0 Å². The summed E-state index contributed by atoms with van der Waals surface area (Å²) in [5, 5.41) is 0. The van der Waals surface area contributed by atoms with Gasteiger partial charge in [0.1, 0.15) is 5.75 Å². The zero-order chi connectivity index (χ0) is 12.1. The molecule has 2 aromatic heterocycles. The Labute approximate surface area is 100 Å². The molecule has 0 aromatic carbocycles. The molecule has 2 aromatic rings. The van der Waals surface area contributed by atoms with Gasteiger partial charge in [-0.25, -0.2) is 0 Å². The standard InChI is InChI=1S/C13H15N3O/c1-17-12-3-2-6-16-13(12)11(14)9-10-4-7-15-8-5-10/h2-8,11H,9,14H2,1H3. The van der Waals surface area contributed by atoms with Crippen molar-refractivity contribution in [2.75, 3.05) is 7.11 Å². The third-order valence-corrected chi connectivity index (χ3v) is 2.58. The second kappa shape index (κ2) is 5.41. The van der Waals surface area contributed by atoms with Crippen LogP contribution in [0, 0.1) is 0 Å². The maximum Gasteiger partial charge on any atom is 0.141 e. The van der Waals surface area contributed by atoms with Crippen LogP contribution in [0.2, 0.25) is 0 Å². The molecule has 0 fully saturated rings. The Morgan fingerprint density at radius 2 is 2.00 bits per heavy atom. The largest absolute Gasteiger partial charge is 0.495 e. The Balaban J connectivity index is 2.17. The Bertz CT molecular complexity index is 473. The van der Waals surface area contributed by atoms with Gasteiger partial charge in [0.15, 0.2) is 0 Å². The van der Waals surface area contributed by atoms with Crippen LogP contribution in [0.25, 0.3) is 0 Å². The molecule has 0 aliphatic carbocycles. The molecule has 88 valence electrons. The van der Waals surface area contributed by atoms with Crippen LogP contribution in [-0.4, -0.2) is 17.1 Å². The summed E-state index contributed by atoms with van der Waals surface area (Å²) in [4.78, 5) is 8.26. The molecule has 2 N–H and O–H groups in total. The van der Waals surface area contributed by atoms with Crippen LogP contribution < -0.4 is 10.5 Å². The molecule has 1 atom stereocenters. The first-order chi connectivity index (χ1) is 8.31. The highest BCUT2D eigenvalue weighted by molar-refractivity contribution is 5.30. The number of aromatic nitrogens is 2. The van der Waals surface area contributed by atoms with E-state index in [1.54, 1.807) is 25.7 Å². The van der Waals surface area contributed by atoms with Crippen molar-refractivity contribution in [1.82, 2.24) is 9.97 Å². The van der Waals surface area contributed by atoms with E-state index in [1.807, 2.05) is 24.3 Å². The monoisotopic (exact) mass is 229 g/mol. The summed E-state index contributed by atoms with van der Waals surface area (Å²) in [6.45, 7) is 0. The Hall–Kier alpha value is -1.94. The van der Waals surface area contributed by atoms with Crippen LogP contribution in [0.5, 0.6) is 5.75 Å². The number of nitrogens with two attached hydrogens (primary N) is 1. The fraction of sp³-hybridized carbons (Fsp3) is 0.231. The molecule has 0 radical (unpaired) electrons. The molecule has 0 aliphatic heterocycles. The summed E-state index contributed by atoms with van der Waals surface area (Å²) in [7, 11) is 1.62. The summed E-state index contributed by atoms with van der Waals surface area (Å²) >= 11 is 0. The fourth-order valence-electron chi connectivity index (χ4n) is 1.72. The third-order valence-electron chi connectivity index (χ3n) is 2.58. The number of rotatable bonds is 4. The van der Waals surface area contributed by atoms with E-state index in [0.29, 0.717) is 0 Å². The number of hydrogen-bond acceptors (Lipinski definition) is 4. The van der Waals surface area contributed by atoms with Crippen molar-refractivity contribution in [2.45, 2.75) is 12.5 Å². The molecule has 4 heteroatoms. The van der Waals surface area contributed by atoms with Gasteiger partial charge in [-0.05, 0) is 36.2 Å². The third kappa shape index (κ3) is 2.79. The lowest BCUT2D eigenvalue weighted by Gasteiger charge is -2.14. The summed E-state index contributed by atoms with van der Waals surface area (Å²) in [5.41, 5.74) is 8.06. The van der Waals surface area contributed by atoms with Gasteiger partial charge < -0.3 is 10.5 Å². The van der Waals surface area contributed by atoms with E-state index in [0.717, 1.165) is 23.4 Å². The number of hydrogen-bond donors (Lipinski definition) is 1. The topological polar surface area (TPSA) is 61.0 Å². The van der Waals surface area contributed by atoms with Crippen molar-refractivity contribution in [3.63, 3.8) is 0 Å². The lowest BCUT2D eigenvalue weighted by atomic mass is 10.0. The van der Waals surface area contributed by atoms with E-state index in [-0.39, 0.29) is 6.04 Å². The summed E-state index contributed by atoms with van der Waals surface area (Å²) in [6, 6.07) is 7.44. The SMILES string of the molecule is COc1cccnc1C(N)Cc1ccncc1. The second-order valence-corrected chi connectivity index (χ2v) is 3.76. The summed E-state index contributed by atoms with van der Waals surface area (Å²) in [6.07, 6.45) is 5.97. The van der Waals surface area contributed by atoms with Gasteiger partial charge >= 0.3 is 0 Å². The van der Waals surface area contributed by atoms with Crippen molar-refractivity contribution in [2.24, 2.45) is 5.73 Å². The van der Waals surface area contributed by atoms with Crippen LogP contribution in [0.15, 0.2) is 42.9 Å². The predicted molar refractivity (Wildman–Crippen MR) is 65.7 cm³/mol. The highest BCUT2D eigenvalue weighted by Crippen LogP contribution is 2.23. The van der Waals surface area contributed by atoms with Crippen LogP contribution in [-0.2, 0) is 6.42 Å². The van der Waals surface area contributed by atoms with Crippen molar-refractivity contribution < 1.29 is 4.74 Å². The van der Waals surface area contributed by atoms with Gasteiger partial charge in [-0.2, -0.15) is 0 Å². The van der Waals surface area contributed by atoms with Crippen LogP contribution in [0.3, 0.4) is 0 Å². The summed E-state index contributed by atoms with van der Waals surface area (Å²) in [5.74, 6) is 0.731. The van der Waals surface area contributed by atoms with Crippen LogP contribution >= 0.6 is 0 Å². The minimum atomic E-state index is -0.173. The predicted octanol–water partition coefficient (Wildman–Crippen LogP) is 1.73. The van der Waals surface area contributed by atoms with Crippen LogP contribution in [0.1, 0.15) is 17.3 Å². The second-order valence-electron chi connectivity index (χ2n) is 3.76. The minimum Gasteiger partial charge on any atom is -0.495 e. The van der Waals surface area contributed by atoms with E-state index in [9.17, 15) is 0 Å². The maximum absolute atomic E-state index is 6.14. The van der Waals surface area contributed by atoms with Gasteiger partial charge in [-0.3, -0.25) is 9.97 Å². The van der Waals surface area contributed by atoms with E-state index in [1.165, 1.54) is 0 Å². The van der Waals surface area contributed by atoms with E-state index in [2.05, 4.69) is 9.97 Å². The number of pyridine rings is 2. The number of methoxy groups -OCH3 is 1. The molecule has 2 heterocycles. The Morgan fingerprint density at radius 3 is 2.71 bits per heavy atom. The number of nitrogens with zero attached hydrogens (tertiary/aromatic N) is 2. The normalized spacial score (nSPS) is 12.1. The molecular formula is C13H15N3O. The molecule has 0 amide bonds. The highest BCUT2D eigenvalue weighted by atomic mass is 16.5. The van der Waals surface area contributed by atoms with E-state index < -0.39 is 0 Å². The molecule has 0 aliphatic rings. The zero-order valence-corrected chi connectivity index (χ0v) is 9.71. The first-order valence-electron chi connectivity index (χ1n) is 5.44. The van der Waals surface area contributed by atoms with Gasteiger partial charge in [0.25, 0.3) is 0 Å². The van der Waals surface area contributed by atoms with Crippen molar-refractivity contribution in [3.8, 4) is 5.75 Å². The molecule has 0 bridgehead atoms. The summed E-state index contributed by atoms with van der Waals surface area (Å²) < 4.78 is 5.25. The van der Waals surface area contributed by atoms with Crippen molar-refractivity contribution in [3.05, 3.63) is 54.1 Å². The molecule has 1 unspecified atom stereocenters. The smallest absolute Gasteiger partial charge is 0.141 e. The molecule has 0 spiro atoms. The molecule has 0 saturated heterocycles. The molecule has 0 saturated carbocycles. The van der Waals surface area contributed by atoms with Gasteiger partial charge in [0, 0.05) is 18.6 Å². The van der Waals surface area contributed by atoms with Gasteiger partial charge in [0.05, 0.1) is 18.8 Å². The van der Waals surface area contributed by atoms with Crippen LogP contribution in [0.4, 0.5) is 0 Å². The lowest BCUT2D eigenvalue weighted by Crippen LogP contribution is -2.16. The Morgan fingerprint density at radius 1 is 1.24 bits per heavy atom. The highest BCUT2D eigenvalue weighted by Gasteiger charge is 2.13. The Kier molecular flexibility index (Phi) is 3.67. The first-order valence-corrected chi connectivity index (χ1v) is 5.44. The minimum absolute atomic E-state index is 0.173. The molecule has 2 rings (SSSR count). The van der Waals surface area contributed by atoms with Gasteiger partial charge in [-0.1, -0.05) is 0 Å². The quantitative estimate of drug-likeness (QED) is 0.867. The maximum atomic E-state index is 6.14. The van der Waals surface area contributed by atoms with Gasteiger partial charge in [0.2, 0.25) is 0 Å².